The number of nitrogens with two attached hydrogens (primary N) is 2. The van der Waals surface area contributed by atoms with Crippen LogP contribution < -0.4 is 16.8 Å². The molecule has 0 aliphatic carbocycles. The van der Waals surface area contributed by atoms with E-state index in [0.717, 1.165) is 0 Å². The molecular weight excluding hydrogens is 492 g/mol. The lowest BCUT2D eigenvalue weighted by Gasteiger charge is -2.42. The number of nitrogens with zero attached hydrogens (tertiary/aromatic N) is 1. The standard InChI is InChI=1S/C20H35ClN4O8S/c1-19(2)31-14-13(24-18(34)25-17(21)23)16-30-12-20(33-16,15(14)32-19)11-29-10-9-28-8-7-27-6-5-26-4-3-22/h13-16H,3-12,22H2,1-2H3,(H3,23,24,25,34)/t13-,14-,15-,16+,20+/m1/s1. The predicted molar refractivity (Wildman–Crippen MR) is 127 cm³/mol. The van der Waals surface area contributed by atoms with Gasteiger partial charge in [-0.15, -0.1) is 0 Å². The minimum Gasteiger partial charge on any atom is -0.378 e. The molecule has 0 aromatic rings. The second kappa shape index (κ2) is 13.0. The van der Waals surface area contributed by atoms with Crippen LogP contribution in [0.15, 0.2) is 4.99 Å². The van der Waals surface area contributed by atoms with E-state index in [0.29, 0.717) is 52.8 Å². The van der Waals surface area contributed by atoms with Crippen molar-refractivity contribution >= 4 is 34.2 Å². The van der Waals surface area contributed by atoms with Gasteiger partial charge in [0.05, 0.1) is 59.5 Å². The molecule has 0 amide bonds. The lowest BCUT2D eigenvalue weighted by atomic mass is 9.88. The van der Waals surface area contributed by atoms with Crippen molar-refractivity contribution in [3.63, 3.8) is 0 Å². The Bertz CT molecular complexity index is 701. The monoisotopic (exact) mass is 526 g/mol. The highest BCUT2D eigenvalue weighted by molar-refractivity contribution is 7.80. The Hall–Kier alpha value is -0.710. The van der Waals surface area contributed by atoms with Gasteiger partial charge in [0, 0.05) is 6.54 Å². The van der Waals surface area contributed by atoms with Crippen molar-refractivity contribution in [3.05, 3.63) is 0 Å². The Morgan fingerprint density at radius 1 is 1.03 bits per heavy atom. The summed E-state index contributed by atoms with van der Waals surface area (Å²) in [6.07, 6.45) is -1.49. The van der Waals surface area contributed by atoms with Crippen LogP contribution in [0, 0.1) is 0 Å². The van der Waals surface area contributed by atoms with Crippen molar-refractivity contribution in [2.45, 2.75) is 49.8 Å². The van der Waals surface area contributed by atoms with Crippen LogP contribution in [-0.2, 0) is 37.9 Å². The Balaban J connectivity index is 1.42. The first kappa shape index (κ1) is 27.9. The maximum Gasteiger partial charge on any atom is 0.196 e. The number of fused-ring (bicyclic) bond motifs is 4. The lowest BCUT2D eigenvalue weighted by Crippen LogP contribution is -2.65. The highest BCUT2D eigenvalue weighted by Crippen LogP contribution is 2.46. The van der Waals surface area contributed by atoms with E-state index in [1.54, 1.807) is 0 Å². The van der Waals surface area contributed by atoms with Gasteiger partial charge in [0.25, 0.3) is 0 Å². The number of halogens is 1. The van der Waals surface area contributed by atoms with E-state index in [4.69, 9.17) is 73.2 Å². The molecule has 12 nitrogen and oxygen atoms in total. The summed E-state index contributed by atoms with van der Waals surface area (Å²) in [5.74, 6) is -0.815. The Labute approximate surface area is 209 Å². The van der Waals surface area contributed by atoms with E-state index in [9.17, 15) is 0 Å². The first-order valence-corrected chi connectivity index (χ1v) is 12.0. The molecule has 0 aromatic heterocycles. The molecule has 3 saturated heterocycles. The van der Waals surface area contributed by atoms with Crippen LogP contribution in [0.5, 0.6) is 0 Å². The normalized spacial score (nSPS) is 32.1. The zero-order valence-electron chi connectivity index (χ0n) is 19.5. The molecule has 3 aliphatic rings. The molecule has 2 bridgehead atoms. The van der Waals surface area contributed by atoms with E-state index in [1.807, 2.05) is 13.8 Å². The third kappa shape index (κ3) is 7.64. The minimum atomic E-state index is -0.815. The third-order valence-corrected chi connectivity index (χ3v) is 5.65. The van der Waals surface area contributed by atoms with Gasteiger partial charge in [0.15, 0.2) is 22.5 Å². The molecule has 3 fully saturated rings. The summed E-state index contributed by atoms with van der Waals surface area (Å²) >= 11 is 10.8. The molecule has 3 aliphatic heterocycles. The fourth-order valence-corrected chi connectivity index (χ4v) is 4.40. The molecule has 3 heterocycles. The first-order valence-electron chi connectivity index (χ1n) is 11.2. The smallest absolute Gasteiger partial charge is 0.196 e. The molecule has 0 spiro atoms. The van der Waals surface area contributed by atoms with Crippen LogP contribution in [0.4, 0.5) is 0 Å². The molecular formula is C20H35ClN4O8S. The topological polar surface area (TPSA) is 150 Å². The van der Waals surface area contributed by atoms with Gasteiger partial charge in [-0.2, -0.15) is 4.99 Å². The van der Waals surface area contributed by atoms with Gasteiger partial charge in [-0.25, -0.2) is 0 Å². The fourth-order valence-electron chi connectivity index (χ4n) is 4.03. The summed E-state index contributed by atoms with van der Waals surface area (Å²) in [6, 6.07) is -0.460. The molecule has 0 radical (unpaired) electrons. The number of hydrogen-bond donors (Lipinski definition) is 3. The van der Waals surface area contributed by atoms with Crippen molar-refractivity contribution in [2.24, 2.45) is 16.5 Å². The third-order valence-electron chi connectivity index (χ3n) is 5.36. The van der Waals surface area contributed by atoms with E-state index < -0.39 is 35.9 Å². The average molecular weight is 527 g/mol. The number of hydrogen-bond acceptors (Lipinski definition) is 10. The van der Waals surface area contributed by atoms with Gasteiger partial charge in [-0.3, -0.25) is 0 Å². The molecule has 14 heteroatoms. The second-order valence-electron chi connectivity index (χ2n) is 8.47. The molecule has 196 valence electrons. The summed E-state index contributed by atoms with van der Waals surface area (Å²) < 4.78 is 46.6. The van der Waals surface area contributed by atoms with Crippen LogP contribution in [0.25, 0.3) is 0 Å². The quantitative estimate of drug-likeness (QED) is 0.0875. The van der Waals surface area contributed by atoms with Crippen molar-refractivity contribution in [1.29, 1.82) is 0 Å². The summed E-state index contributed by atoms with van der Waals surface area (Å²) in [5.41, 5.74) is 9.94. The second-order valence-corrected chi connectivity index (χ2v) is 9.24. The number of aliphatic imine (C=N–C) groups is 1. The average Bonchev–Trinajstić information content (AvgIpc) is 3.31. The molecule has 0 saturated carbocycles. The van der Waals surface area contributed by atoms with Crippen LogP contribution in [0.2, 0.25) is 0 Å². The van der Waals surface area contributed by atoms with Gasteiger partial charge in [-0.05, 0) is 37.7 Å². The zero-order chi connectivity index (χ0) is 24.6. The van der Waals surface area contributed by atoms with Crippen LogP contribution in [0.3, 0.4) is 0 Å². The van der Waals surface area contributed by atoms with Gasteiger partial charge in [-0.1, -0.05) is 0 Å². The Morgan fingerprint density at radius 2 is 1.65 bits per heavy atom. The van der Waals surface area contributed by atoms with Gasteiger partial charge in [0.1, 0.15) is 23.9 Å². The van der Waals surface area contributed by atoms with E-state index in [2.05, 4.69) is 10.3 Å². The molecule has 3 rings (SSSR count). The van der Waals surface area contributed by atoms with E-state index in [1.165, 1.54) is 0 Å². The number of rotatable bonds is 14. The van der Waals surface area contributed by atoms with Crippen molar-refractivity contribution in [2.75, 3.05) is 66.0 Å². The maximum atomic E-state index is 6.24. The zero-order valence-corrected chi connectivity index (χ0v) is 21.1. The molecule has 34 heavy (non-hydrogen) atoms. The minimum absolute atomic E-state index is 0.108. The molecule has 0 unspecified atom stereocenters. The predicted octanol–water partition coefficient (Wildman–Crippen LogP) is -0.546. The number of nitrogens with one attached hydrogen (secondary N) is 1. The van der Waals surface area contributed by atoms with Crippen LogP contribution in [-0.4, -0.2) is 112 Å². The molecule has 0 aromatic carbocycles. The van der Waals surface area contributed by atoms with Crippen LogP contribution in [0.1, 0.15) is 13.8 Å². The summed E-state index contributed by atoms with van der Waals surface area (Å²) in [5, 5.41) is 2.99. The first-order chi connectivity index (χ1) is 16.3. The van der Waals surface area contributed by atoms with Gasteiger partial charge < -0.3 is 54.7 Å². The summed E-state index contributed by atoms with van der Waals surface area (Å²) in [7, 11) is 0. The van der Waals surface area contributed by atoms with Crippen molar-refractivity contribution in [3.8, 4) is 0 Å². The van der Waals surface area contributed by atoms with Gasteiger partial charge in [0.2, 0.25) is 0 Å². The highest BCUT2D eigenvalue weighted by atomic mass is 35.5. The largest absolute Gasteiger partial charge is 0.378 e. The molecule has 5 N–H and O–H groups in total. The molecule has 5 atom stereocenters. The number of amidine groups is 1. The number of thiocarbonyl (C=S) groups is 1. The Kier molecular flexibility index (Phi) is 10.7. The Morgan fingerprint density at radius 3 is 2.26 bits per heavy atom. The SMILES string of the molecule is CC1(C)O[C@@H]2[C@@H](NC(=S)/N=C(\N)Cl)[C@H]3OC[C@](COCCOCCOCCOCCN)(O3)[C@@H]2O1. The van der Waals surface area contributed by atoms with Crippen molar-refractivity contribution in [1.82, 2.24) is 5.32 Å². The van der Waals surface area contributed by atoms with Gasteiger partial charge >= 0.3 is 0 Å². The van der Waals surface area contributed by atoms with Crippen LogP contribution >= 0.6 is 23.8 Å². The van der Waals surface area contributed by atoms with E-state index in [-0.39, 0.29) is 23.6 Å². The maximum absolute atomic E-state index is 6.24. The van der Waals surface area contributed by atoms with E-state index >= 15 is 0 Å². The lowest BCUT2D eigenvalue weighted by molar-refractivity contribution is -0.212. The summed E-state index contributed by atoms with van der Waals surface area (Å²) in [4.78, 5) is 3.85. The number of ether oxygens (including phenoxy) is 8. The van der Waals surface area contributed by atoms with Crippen molar-refractivity contribution < 1.29 is 37.9 Å². The fraction of sp³-hybridized carbons (Fsp3) is 0.900. The highest BCUT2D eigenvalue weighted by Gasteiger charge is 2.66. The summed E-state index contributed by atoms with van der Waals surface area (Å²) in [6.45, 7) is 8.04.